The highest BCUT2D eigenvalue weighted by molar-refractivity contribution is 7.89. The first-order valence-corrected chi connectivity index (χ1v) is 11.1. The van der Waals surface area contributed by atoms with Crippen molar-refractivity contribution in [3.63, 3.8) is 0 Å². The number of sulfonamides is 1. The molecule has 2 atom stereocenters. The van der Waals surface area contributed by atoms with Crippen molar-refractivity contribution < 1.29 is 22.7 Å². The summed E-state index contributed by atoms with van der Waals surface area (Å²) in [7, 11) is -1.63. The molecular formula is C19H29N3O5S. The summed E-state index contributed by atoms with van der Waals surface area (Å²) in [6, 6.07) is 5.99. The van der Waals surface area contributed by atoms with Crippen LogP contribution in [0, 0.1) is 0 Å². The van der Waals surface area contributed by atoms with Crippen molar-refractivity contribution >= 4 is 21.6 Å². The number of ether oxygens (including phenoxy) is 2. The Morgan fingerprint density at radius 1 is 1.25 bits per heavy atom. The van der Waals surface area contributed by atoms with Crippen molar-refractivity contribution in [3.8, 4) is 0 Å². The molecule has 0 aliphatic carbocycles. The summed E-state index contributed by atoms with van der Waals surface area (Å²) in [6.07, 6.45) is 2.28. The average Bonchev–Trinajstić information content (AvgIpc) is 3.21. The highest BCUT2D eigenvalue weighted by atomic mass is 32.2. The fourth-order valence-corrected chi connectivity index (χ4v) is 4.77. The van der Waals surface area contributed by atoms with E-state index in [0.29, 0.717) is 38.5 Å². The average molecular weight is 412 g/mol. The van der Waals surface area contributed by atoms with Crippen molar-refractivity contribution in [1.29, 1.82) is 0 Å². The monoisotopic (exact) mass is 411 g/mol. The maximum absolute atomic E-state index is 12.6. The van der Waals surface area contributed by atoms with Crippen molar-refractivity contribution in [2.75, 3.05) is 51.8 Å². The van der Waals surface area contributed by atoms with Crippen LogP contribution in [0.5, 0.6) is 0 Å². The smallest absolute Gasteiger partial charge is 0.243 e. The molecule has 1 aromatic rings. The molecule has 0 radical (unpaired) electrons. The summed E-state index contributed by atoms with van der Waals surface area (Å²) in [4.78, 5) is 14.7. The molecule has 0 bridgehead atoms. The second-order valence-electron chi connectivity index (χ2n) is 7.28. The Morgan fingerprint density at radius 2 is 1.93 bits per heavy atom. The van der Waals surface area contributed by atoms with Crippen molar-refractivity contribution in [2.24, 2.45) is 0 Å². The number of nitrogens with zero attached hydrogens (tertiary/aromatic N) is 2. The minimum absolute atomic E-state index is 0.135. The maximum Gasteiger partial charge on any atom is 0.243 e. The Morgan fingerprint density at radius 3 is 2.54 bits per heavy atom. The van der Waals surface area contributed by atoms with Crippen molar-refractivity contribution in [3.05, 3.63) is 24.3 Å². The number of carbonyl (C=O) groups is 1. The third-order valence-corrected chi connectivity index (χ3v) is 7.20. The van der Waals surface area contributed by atoms with Gasteiger partial charge < -0.3 is 14.8 Å². The van der Waals surface area contributed by atoms with Crippen LogP contribution in [0.3, 0.4) is 0 Å². The molecule has 156 valence electrons. The summed E-state index contributed by atoms with van der Waals surface area (Å²) in [5.41, 5.74) is 0.572. The molecular weight excluding hydrogens is 382 g/mol. The van der Waals surface area contributed by atoms with Crippen LogP contribution < -0.4 is 5.32 Å². The topological polar surface area (TPSA) is 88.2 Å². The van der Waals surface area contributed by atoms with Gasteiger partial charge in [0.2, 0.25) is 15.9 Å². The lowest BCUT2D eigenvalue weighted by atomic mass is 10.2. The van der Waals surface area contributed by atoms with E-state index in [2.05, 4.69) is 5.32 Å². The predicted molar refractivity (Wildman–Crippen MR) is 106 cm³/mol. The molecule has 1 amide bonds. The number of amides is 1. The van der Waals surface area contributed by atoms with Crippen LogP contribution in [0.25, 0.3) is 0 Å². The number of likely N-dealkylation sites (N-methyl/N-ethyl adjacent to an activating group) is 1. The first kappa shape index (κ1) is 21.2. The van der Waals surface area contributed by atoms with Gasteiger partial charge in [-0.15, -0.1) is 0 Å². The SMILES string of the molecule is CC(C(=O)Nc1ccc(S(=O)(=O)N2CCOCC2)cc1)N(C)CC1CCCO1. The molecule has 3 rings (SSSR count). The Hall–Kier alpha value is -1.52. The second kappa shape index (κ2) is 9.32. The number of benzene rings is 1. The third-order valence-electron chi connectivity index (χ3n) is 5.29. The molecule has 2 aliphatic rings. The van der Waals surface area contributed by atoms with Gasteiger partial charge in [0, 0.05) is 31.9 Å². The summed E-state index contributed by atoms with van der Waals surface area (Å²) in [5, 5.41) is 2.86. The van der Waals surface area contributed by atoms with Crippen molar-refractivity contribution in [2.45, 2.75) is 36.8 Å². The van der Waals surface area contributed by atoms with Crippen LogP contribution in [0.2, 0.25) is 0 Å². The van der Waals surface area contributed by atoms with E-state index in [-0.39, 0.29) is 22.9 Å². The van der Waals surface area contributed by atoms with Gasteiger partial charge >= 0.3 is 0 Å². The number of morpholine rings is 1. The minimum Gasteiger partial charge on any atom is -0.379 e. The number of nitrogens with one attached hydrogen (secondary N) is 1. The van der Waals surface area contributed by atoms with Gasteiger partial charge in [0.05, 0.1) is 30.3 Å². The van der Waals surface area contributed by atoms with Gasteiger partial charge in [-0.3, -0.25) is 9.69 Å². The summed E-state index contributed by atoms with van der Waals surface area (Å²) < 4.78 is 37.6. The van der Waals surface area contributed by atoms with E-state index in [4.69, 9.17) is 9.47 Å². The zero-order chi connectivity index (χ0) is 20.1. The first-order chi connectivity index (χ1) is 13.4. The van der Waals surface area contributed by atoms with Gasteiger partial charge in [-0.1, -0.05) is 0 Å². The summed E-state index contributed by atoms with van der Waals surface area (Å²) in [5.74, 6) is -0.135. The van der Waals surface area contributed by atoms with Gasteiger partial charge in [-0.25, -0.2) is 8.42 Å². The molecule has 2 saturated heterocycles. The normalized spacial score (nSPS) is 22.3. The van der Waals surface area contributed by atoms with Crippen molar-refractivity contribution in [1.82, 2.24) is 9.21 Å². The molecule has 0 spiro atoms. The van der Waals surface area contributed by atoms with Gasteiger partial charge in [0.25, 0.3) is 0 Å². The number of carbonyl (C=O) groups excluding carboxylic acids is 1. The van der Waals surface area contributed by atoms with Gasteiger partial charge in [0.1, 0.15) is 0 Å². The van der Waals surface area contributed by atoms with E-state index in [1.54, 1.807) is 12.1 Å². The largest absolute Gasteiger partial charge is 0.379 e. The Bertz CT molecular complexity index is 756. The lowest BCUT2D eigenvalue weighted by Gasteiger charge is -2.26. The predicted octanol–water partition coefficient (Wildman–Crippen LogP) is 1.15. The fraction of sp³-hybridized carbons (Fsp3) is 0.632. The van der Waals surface area contributed by atoms with Crippen LogP contribution in [-0.2, 0) is 24.3 Å². The lowest BCUT2D eigenvalue weighted by Crippen LogP contribution is -2.43. The van der Waals surface area contributed by atoms with Gasteiger partial charge in [-0.2, -0.15) is 4.31 Å². The summed E-state index contributed by atoms with van der Waals surface area (Å²) >= 11 is 0. The number of rotatable bonds is 7. The molecule has 2 aliphatic heterocycles. The molecule has 9 heteroatoms. The molecule has 1 aromatic carbocycles. The van der Waals surface area contributed by atoms with Gasteiger partial charge in [-0.05, 0) is 51.1 Å². The third kappa shape index (κ3) is 5.09. The van der Waals surface area contributed by atoms with E-state index in [0.717, 1.165) is 19.4 Å². The molecule has 8 nitrogen and oxygen atoms in total. The van der Waals surface area contributed by atoms with E-state index in [9.17, 15) is 13.2 Å². The standard InChI is InChI=1S/C19H29N3O5S/c1-15(21(2)14-17-4-3-11-27-17)19(23)20-16-5-7-18(8-6-16)28(24,25)22-9-12-26-13-10-22/h5-8,15,17H,3-4,9-14H2,1-2H3,(H,20,23). The first-order valence-electron chi connectivity index (χ1n) is 9.68. The molecule has 28 heavy (non-hydrogen) atoms. The van der Waals surface area contributed by atoms with Crippen LogP contribution in [-0.4, -0.2) is 82.2 Å². The Labute approximate surface area is 166 Å². The zero-order valence-electron chi connectivity index (χ0n) is 16.5. The lowest BCUT2D eigenvalue weighted by molar-refractivity contribution is -0.120. The molecule has 1 N–H and O–H groups in total. The molecule has 2 unspecified atom stereocenters. The molecule has 2 heterocycles. The number of hydrogen-bond acceptors (Lipinski definition) is 6. The van der Waals surface area contributed by atoms with E-state index < -0.39 is 10.0 Å². The van der Waals surface area contributed by atoms with E-state index in [1.165, 1.54) is 16.4 Å². The van der Waals surface area contributed by atoms with Crippen LogP contribution in [0.4, 0.5) is 5.69 Å². The number of hydrogen-bond donors (Lipinski definition) is 1. The quantitative estimate of drug-likeness (QED) is 0.724. The highest BCUT2D eigenvalue weighted by Crippen LogP contribution is 2.20. The Balaban J connectivity index is 1.57. The second-order valence-corrected chi connectivity index (χ2v) is 9.22. The number of anilines is 1. The highest BCUT2D eigenvalue weighted by Gasteiger charge is 2.27. The van der Waals surface area contributed by atoms with Crippen LogP contribution in [0.15, 0.2) is 29.2 Å². The summed E-state index contributed by atoms with van der Waals surface area (Å²) in [6.45, 7) is 4.88. The Kier molecular flexibility index (Phi) is 7.05. The van der Waals surface area contributed by atoms with E-state index >= 15 is 0 Å². The molecule has 2 fully saturated rings. The van der Waals surface area contributed by atoms with Gasteiger partial charge in [0.15, 0.2) is 0 Å². The van der Waals surface area contributed by atoms with Crippen LogP contribution in [0.1, 0.15) is 19.8 Å². The van der Waals surface area contributed by atoms with Crippen LogP contribution >= 0.6 is 0 Å². The maximum atomic E-state index is 12.6. The molecule has 0 saturated carbocycles. The minimum atomic E-state index is -3.53. The fourth-order valence-electron chi connectivity index (χ4n) is 3.36. The zero-order valence-corrected chi connectivity index (χ0v) is 17.3. The van der Waals surface area contributed by atoms with E-state index in [1.807, 2.05) is 18.9 Å². The molecule has 0 aromatic heterocycles.